The summed E-state index contributed by atoms with van der Waals surface area (Å²) < 4.78 is 1.07. The number of carbonyl (C=O) groups is 1. The highest BCUT2D eigenvalue weighted by molar-refractivity contribution is 7.99. The number of hydrogen-bond acceptors (Lipinski definition) is 3. The van der Waals surface area contributed by atoms with Crippen molar-refractivity contribution in [2.75, 3.05) is 31.6 Å². The Bertz CT molecular complexity index is 1260. The molecule has 0 aromatic heterocycles. The Kier molecular flexibility index (Phi) is 5.95. The van der Waals surface area contributed by atoms with E-state index in [4.69, 9.17) is 5.73 Å². The summed E-state index contributed by atoms with van der Waals surface area (Å²) in [5.41, 5.74) is 13.2. The number of likely N-dealkylation sites (N-methyl/N-ethyl adjacent to an activating group) is 1. The van der Waals surface area contributed by atoms with E-state index in [9.17, 15) is 4.79 Å². The molecule has 2 N–H and O–H groups in total. The van der Waals surface area contributed by atoms with E-state index in [0.29, 0.717) is 5.56 Å². The molecule has 0 bridgehead atoms. The SMILES string of the molecule is Cc1ccccc1-c1c(C)cc2c(c1C(N)=O)N(C(C)C[N+]1(C)CCCC1)c1ccccc1S2. The van der Waals surface area contributed by atoms with Crippen molar-refractivity contribution in [3.05, 3.63) is 71.3 Å². The molecule has 0 radical (unpaired) electrons. The average Bonchev–Trinajstić information content (AvgIpc) is 3.22. The first kappa shape index (κ1) is 23.0. The van der Waals surface area contributed by atoms with Gasteiger partial charge in [0.2, 0.25) is 0 Å². The number of aryl methyl sites for hydroxylation is 2. The fourth-order valence-corrected chi connectivity index (χ4v) is 7.16. The first-order valence-electron chi connectivity index (χ1n) is 12.2. The molecule has 1 atom stereocenters. The predicted octanol–water partition coefficient (Wildman–Crippen LogP) is 6.30. The number of benzene rings is 3. The minimum absolute atomic E-state index is 0.217. The third-order valence-electron chi connectivity index (χ3n) is 7.50. The molecule has 2 heterocycles. The van der Waals surface area contributed by atoms with E-state index in [1.54, 1.807) is 11.8 Å². The van der Waals surface area contributed by atoms with E-state index in [2.05, 4.69) is 75.2 Å². The maximum Gasteiger partial charge on any atom is 0.251 e. The molecule has 3 aromatic carbocycles. The molecule has 5 rings (SSSR count). The average molecular weight is 473 g/mol. The number of nitrogens with zero attached hydrogens (tertiary/aromatic N) is 2. The Morgan fingerprint density at radius 1 is 1.03 bits per heavy atom. The van der Waals surface area contributed by atoms with E-state index < -0.39 is 0 Å². The normalized spacial score (nSPS) is 17.2. The van der Waals surface area contributed by atoms with Crippen LogP contribution >= 0.6 is 11.8 Å². The summed E-state index contributed by atoms with van der Waals surface area (Å²) in [5, 5.41) is 0. The number of hydrogen-bond donors (Lipinski definition) is 1. The zero-order valence-electron chi connectivity index (χ0n) is 20.6. The standard InChI is InChI=1S/C29H33N3OS/c1-19-11-5-6-12-22(19)26-20(2)17-25-28(27(26)29(30)33)31(23-13-7-8-14-24(23)34-25)21(3)18-32(4)15-9-10-16-32/h5-8,11-14,17,21H,9-10,15-16,18H2,1-4H3,(H-,30,33)/p+1. The molecule has 176 valence electrons. The van der Waals surface area contributed by atoms with E-state index in [1.165, 1.54) is 36.5 Å². The number of para-hydroxylation sites is 1. The zero-order chi connectivity index (χ0) is 24.0. The molecule has 1 fully saturated rings. The molecule has 1 unspecified atom stereocenters. The Labute approximate surface area is 207 Å². The molecule has 3 aromatic rings. The fraction of sp³-hybridized carbons (Fsp3) is 0.345. The van der Waals surface area contributed by atoms with Gasteiger partial charge in [-0.1, -0.05) is 48.2 Å². The molecular formula is C29H34N3OS+. The summed E-state index contributed by atoms with van der Waals surface area (Å²) in [5.74, 6) is -0.364. The van der Waals surface area contributed by atoms with Crippen LogP contribution in [0.2, 0.25) is 0 Å². The largest absolute Gasteiger partial charge is 0.366 e. The van der Waals surface area contributed by atoms with E-state index >= 15 is 0 Å². The van der Waals surface area contributed by atoms with Gasteiger partial charge in [-0.2, -0.15) is 0 Å². The van der Waals surface area contributed by atoms with Gasteiger partial charge in [-0.25, -0.2) is 0 Å². The van der Waals surface area contributed by atoms with E-state index in [1.807, 2.05) is 12.1 Å². The lowest BCUT2D eigenvalue weighted by Crippen LogP contribution is -2.50. The number of quaternary nitrogens is 1. The van der Waals surface area contributed by atoms with Crippen LogP contribution in [0.4, 0.5) is 11.4 Å². The van der Waals surface area contributed by atoms with E-state index in [-0.39, 0.29) is 11.9 Å². The van der Waals surface area contributed by atoms with Crippen LogP contribution in [0.1, 0.15) is 41.3 Å². The summed E-state index contributed by atoms with van der Waals surface area (Å²) in [6.07, 6.45) is 2.57. The second kappa shape index (κ2) is 8.79. The van der Waals surface area contributed by atoms with Crippen LogP contribution in [0, 0.1) is 13.8 Å². The van der Waals surface area contributed by atoms with Gasteiger partial charge in [0.25, 0.3) is 5.91 Å². The van der Waals surface area contributed by atoms with Crippen LogP contribution in [0.15, 0.2) is 64.4 Å². The van der Waals surface area contributed by atoms with Gasteiger partial charge < -0.3 is 15.1 Å². The van der Waals surface area contributed by atoms with Crippen LogP contribution in [-0.2, 0) is 0 Å². The summed E-state index contributed by atoms with van der Waals surface area (Å²) in [6.45, 7) is 9.96. The van der Waals surface area contributed by atoms with Crippen molar-refractivity contribution in [2.45, 2.75) is 49.4 Å². The van der Waals surface area contributed by atoms with Crippen LogP contribution in [0.25, 0.3) is 11.1 Å². The molecule has 4 nitrogen and oxygen atoms in total. The Hall–Kier alpha value is -2.76. The van der Waals surface area contributed by atoms with Gasteiger partial charge in [-0.05, 0) is 61.2 Å². The number of likely N-dealkylation sites (tertiary alicyclic amines) is 1. The first-order valence-corrected chi connectivity index (χ1v) is 13.0. The summed E-state index contributed by atoms with van der Waals surface area (Å²) >= 11 is 1.74. The van der Waals surface area contributed by atoms with Crippen molar-refractivity contribution in [2.24, 2.45) is 5.73 Å². The number of amides is 1. The predicted molar refractivity (Wildman–Crippen MR) is 142 cm³/mol. The molecule has 0 saturated carbocycles. The van der Waals surface area contributed by atoms with Crippen molar-refractivity contribution in [3.63, 3.8) is 0 Å². The van der Waals surface area contributed by atoms with E-state index in [0.717, 1.165) is 43.9 Å². The summed E-state index contributed by atoms with van der Waals surface area (Å²) in [7, 11) is 2.37. The number of fused-ring (bicyclic) bond motifs is 2. The van der Waals surface area contributed by atoms with Crippen LogP contribution in [0.5, 0.6) is 0 Å². The van der Waals surface area contributed by atoms with Gasteiger partial charge in [0.15, 0.2) is 0 Å². The highest BCUT2D eigenvalue weighted by Crippen LogP contribution is 2.53. The second-order valence-electron chi connectivity index (χ2n) is 10.2. The molecule has 1 amide bonds. The highest BCUT2D eigenvalue weighted by Gasteiger charge is 2.37. The smallest absolute Gasteiger partial charge is 0.251 e. The lowest BCUT2D eigenvalue weighted by atomic mass is 9.89. The van der Waals surface area contributed by atoms with Gasteiger partial charge in [-0.3, -0.25) is 4.79 Å². The quantitative estimate of drug-likeness (QED) is 0.443. The Morgan fingerprint density at radius 2 is 1.71 bits per heavy atom. The van der Waals surface area contributed by atoms with Crippen molar-refractivity contribution in [1.29, 1.82) is 0 Å². The van der Waals surface area contributed by atoms with Crippen LogP contribution in [-0.4, -0.2) is 43.1 Å². The number of anilines is 2. The van der Waals surface area contributed by atoms with Crippen molar-refractivity contribution >= 4 is 29.0 Å². The molecule has 5 heteroatoms. The minimum Gasteiger partial charge on any atom is -0.366 e. The molecule has 0 spiro atoms. The molecule has 0 aliphatic carbocycles. The maximum absolute atomic E-state index is 13.2. The highest BCUT2D eigenvalue weighted by atomic mass is 32.2. The Morgan fingerprint density at radius 3 is 2.41 bits per heavy atom. The molecule has 2 aliphatic heterocycles. The lowest BCUT2D eigenvalue weighted by molar-refractivity contribution is -0.898. The lowest BCUT2D eigenvalue weighted by Gasteiger charge is -2.42. The van der Waals surface area contributed by atoms with Crippen LogP contribution in [0.3, 0.4) is 0 Å². The van der Waals surface area contributed by atoms with Gasteiger partial charge in [0.05, 0.1) is 49.7 Å². The van der Waals surface area contributed by atoms with Crippen molar-refractivity contribution in [3.8, 4) is 11.1 Å². The molecular weight excluding hydrogens is 438 g/mol. The second-order valence-corrected chi connectivity index (χ2v) is 11.3. The number of nitrogens with two attached hydrogens (primary N) is 1. The monoisotopic (exact) mass is 472 g/mol. The Balaban J connectivity index is 1.75. The summed E-state index contributed by atoms with van der Waals surface area (Å²) in [6, 6.07) is 19.3. The number of primary amides is 1. The summed E-state index contributed by atoms with van der Waals surface area (Å²) in [4.78, 5) is 17.9. The topological polar surface area (TPSA) is 46.3 Å². The maximum atomic E-state index is 13.2. The fourth-order valence-electron chi connectivity index (χ4n) is 5.97. The minimum atomic E-state index is -0.364. The molecule has 1 saturated heterocycles. The van der Waals surface area contributed by atoms with Crippen molar-refractivity contribution < 1.29 is 9.28 Å². The zero-order valence-corrected chi connectivity index (χ0v) is 21.4. The molecule has 2 aliphatic rings. The van der Waals surface area contributed by atoms with Gasteiger partial charge in [0.1, 0.15) is 0 Å². The third kappa shape index (κ3) is 3.91. The van der Waals surface area contributed by atoms with Gasteiger partial charge in [0, 0.05) is 22.6 Å². The first-order chi connectivity index (χ1) is 16.3. The van der Waals surface area contributed by atoms with Crippen molar-refractivity contribution in [1.82, 2.24) is 0 Å². The molecule has 34 heavy (non-hydrogen) atoms. The van der Waals surface area contributed by atoms with Crippen LogP contribution < -0.4 is 10.6 Å². The number of carbonyl (C=O) groups excluding carboxylic acids is 1. The third-order valence-corrected chi connectivity index (χ3v) is 8.60. The van der Waals surface area contributed by atoms with Gasteiger partial charge >= 0.3 is 0 Å². The number of rotatable bonds is 5. The van der Waals surface area contributed by atoms with Gasteiger partial charge in [-0.15, -0.1) is 0 Å².